The SMILES string of the molecule is CN1[C@H]2CC[C@H]1CC(NC(=S)Nc1cnn(Cc3ccccc3F)c1)C2. The third kappa shape index (κ3) is 3.73. The third-order valence-corrected chi connectivity index (χ3v) is 5.83. The lowest BCUT2D eigenvalue weighted by molar-refractivity contribution is 0.156. The Kier molecular flexibility index (Phi) is 4.91. The van der Waals surface area contributed by atoms with Crippen molar-refractivity contribution >= 4 is 23.0 Å². The van der Waals surface area contributed by atoms with Gasteiger partial charge in [-0.15, -0.1) is 0 Å². The van der Waals surface area contributed by atoms with Crippen molar-refractivity contribution in [1.29, 1.82) is 0 Å². The Morgan fingerprint density at radius 3 is 2.73 bits per heavy atom. The number of fused-ring (bicyclic) bond motifs is 2. The summed E-state index contributed by atoms with van der Waals surface area (Å²) in [5.74, 6) is -0.216. The summed E-state index contributed by atoms with van der Waals surface area (Å²) < 4.78 is 15.5. The molecule has 2 aromatic rings. The van der Waals surface area contributed by atoms with Gasteiger partial charge in [0, 0.05) is 29.9 Å². The van der Waals surface area contributed by atoms with E-state index in [2.05, 4.69) is 27.7 Å². The summed E-state index contributed by atoms with van der Waals surface area (Å²) in [6.45, 7) is 0.396. The quantitative estimate of drug-likeness (QED) is 0.807. The first kappa shape index (κ1) is 17.4. The van der Waals surface area contributed by atoms with Crippen LogP contribution in [-0.2, 0) is 6.54 Å². The Labute approximate surface area is 158 Å². The fourth-order valence-corrected chi connectivity index (χ4v) is 4.48. The zero-order valence-corrected chi connectivity index (χ0v) is 15.7. The molecule has 1 aromatic carbocycles. The van der Waals surface area contributed by atoms with E-state index in [0.717, 1.165) is 18.5 Å². The summed E-state index contributed by atoms with van der Waals surface area (Å²) in [6, 6.07) is 8.53. The van der Waals surface area contributed by atoms with E-state index in [9.17, 15) is 4.39 Å². The van der Waals surface area contributed by atoms with Gasteiger partial charge in [-0.05, 0) is 51.0 Å². The molecule has 1 aromatic heterocycles. The molecule has 2 N–H and O–H groups in total. The molecule has 0 saturated carbocycles. The Hall–Kier alpha value is -1.99. The summed E-state index contributed by atoms with van der Waals surface area (Å²) >= 11 is 5.47. The van der Waals surface area contributed by atoms with E-state index >= 15 is 0 Å². The number of aromatic nitrogens is 2. The fraction of sp³-hybridized carbons (Fsp3) is 0.474. The van der Waals surface area contributed by atoms with Gasteiger partial charge in [0.05, 0.1) is 18.4 Å². The number of anilines is 1. The minimum Gasteiger partial charge on any atom is -0.360 e. The molecule has 2 aliphatic heterocycles. The number of hydrogen-bond donors (Lipinski definition) is 2. The molecular formula is C19H24FN5S. The zero-order chi connectivity index (χ0) is 18.1. The second kappa shape index (κ2) is 7.32. The second-order valence-corrected chi connectivity index (χ2v) is 7.74. The summed E-state index contributed by atoms with van der Waals surface area (Å²) in [5.41, 5.74) is 1.43. The highest BCUT2D eigenvalue weighted by Crippen LogP contribution is 2.34. The van der Waals surface area contributed by atoms with Crippen molar-refractivity contribution in [3.8, 4) is 0 Å². The molecule has 5 nitrogen and oxygen atoms in total. The minimum atomic E-state index is -0.216. The average molecular weight is 374 g/mol. The highest BCUT2D eigenvalue weighted by atomic mass is 32.1. The lowest BCUT2D eigenvalue weighted by atomic mass is 9.98. The molecule has 4 rings (SSSR count). The number of thiocarbonyl (C=S) groups is 1. The molecule has 2 bridgehead atoms. The maximum Gasteiger partial charge on any atom is 0.171 e. The van der Waals surface area contributed by atoms with Crippen LogP contribution in [0.25, 0.3) is 0 Å². The van der Waals surface area contributed by atoms with Crippen molar-refractivity contribution in [3.05, 3.63) is 48.0 Å². The van der Waals surface area contributed by atoms with Crippen LogP contribution in [-0.4, -0.2) is 45.0 Å². The van der Waals surface area contributed by atoms with E-state index in [4.69, 9.17) is 12.2 Å². The van der Waals surface area contributed by atoms with Gasteiger partial charge >= 0.3 is 0 Å². The number of nitrogens with zero attached hydrogens (tertiary/aromatic N) is 3. The van der Waals surface area contributed by atoms with Gasteiger partial charge in [-0.1, -0.05) is 18.2 Å². The van der Waals surface area contributed by atoms with Gasteiger partial charge in [-0.2, -0.15) is 5.10 Å². The largest absolute Gasteiger partial charge is 0.360 e. The Morgan fingerprint density at radius 1 is 1.27 bits per heavy atom. The van der Waals surface area contributed by atoms with Gasteiger partial charge in [-0.3, -0.25) is 4.68 Å². The first-order valence-corrected chi connectivity index (χ1v) is 9.54. The number of piperidine rings is 1. The Morgan fingerprint density at radius 2 is 2.00 bits per heavy atom. The number of halogens is 1. The molecule has 2 saturated heterocycles. The van der Waals surface area contributed by atoms with E-state index in [1.165, 1.54) is 18.9 Å². The molecule has 26 heavy (non-hydrogen) atoms. The molecule has 3 heterocycles. The van der Waals surface area contributed by atoms with Crippen molar-refractivity contribution in [2.45, 2.75) is 50.4 Å². The van der Waals surface area contributed by atoms with Crippen LogP contribution in [0.3, 0.4) is 0 Å². The van der Waals surface area contributed by atoms with Crippen molar-refractivity contribution in [3.63, 3.8) is 0 Å². The average Bonchev–Trinajstić information content (AvgIpc) is 3.10. The summed E-state index contributed by atoms with van der Waals surface area (Å²) in [5, 5.41) is 11.6. The van der Waals surface area contributed by atoms with E-state index in [0.29, 0.717) is 35.3 Å². The first-order chi connectivity index (χ1) is 12.6. The van der Waals surface area contributed by atoms with E-state index in [-0.39, 0.29) is 5.82 Å². The third-order valence-electron chi connectivity index (χ3n) is 5.61. The molecule has 0 amide bonds. The van der Waals surface area contributed by atoms with Crippen LogP contribution in [0.15, 0.2) is 36.7 Å². The van der Waals surface area contributed by atoms with Gasteiger partial charge in [0.2, 0.25) is 0 Å². The molecule has 2 aliphatic rings. The Bertz CT molecular complexity index is 778. The highest BCUT2D eigenvalue weighted by molar-refractivity contribution is 7.80. The molecule has 0 spiro atoms. The lowest BCUT2D eigenvalue weighted by Crippen LogP contribution is -2.49. The summed E-state index contributed by atoms with van der Waals surface area (Å²) in [6.07, 6.45) is 8.43. The van der Waals surface area contributed by atoms with Gasteiger partial charge in [-0.25, -0.2) is 4.39 Å². The molecular weight excluding hydrogens is 349 g/mol. The van der Waals surface area contributed by atoms with Crippen LogP contribution >= 0.6 is 12.2 Å². The zero-order valence-electron chi connectivity index (χ0n) is 14.9. The second-order valence-electron chi connectivity index (χ2n) is 7.34. The first-order valence-electron chi connectivity index (χ1n) is 9.14. The Balaban J connectivity index is 1.31. The minimum absolute atomic E-state index is 0.216. The van der Waals surface area contributed by atoms with E-state index in [1.807, 2.05) is 12.3 Å². The van der Waals surface area contributed by atoms with Gasteiger partial charge in [0.25, 0.3) is 0 Å². The smallest absolute Gasteiger partial charge is 0.171 e. The maximum absolute atomic E-state index is 13.8. The van der Waals surface area contributed by atoms with Crippen LogP contribution < -0.4 is 10.6 Å². The van der Waals surface area contributed by atoms with Crippen LogP contribution in [0.1, 0.15) is 31.2 Å². The number of benzene rings is 1. The van der Waals surface area contributed by atoms with Crippen LogP contribution in [0.2, 0.25) is 0 Å². The molecule has 2 atom stereocenters. The van der Waals surface area contributed by atoms with Crippen molar-refractivity contribution in [2.24, 2.45) is 0 Å². The molecule has 0 unspecified atom stereocenters. The summed E-state index contributed by atoms with van der Waals surface area (Å²) in [7, 11) is 2.24. The molecule has 7 heteroatoms. The standard InChI is InChI=1S/C19H24FN5S/c1-24-16-6-7-17(24)9-14(8-16)22-19(26)23-15-10-21-25(12-15)11-13-4-2-3-5-18(13)20/h2-5,10,12,14,16-17H,6-9,11H2,1H3,(H2,22,23,26)/t16-,17-/m0/s1. The molecule has 2 fully saturated rings. The number of nitrogens with one attached hydrogen (secondary N) is 2. The highest BCUT2D eigenvalue weighted by Gasteiger charge is 2.38. The summed E-state index contributed by atoms with van der Waals surface area (Å²) in [4.78, 5) is 2.52. The normalized spacial score (nSPS) is 25.2. The van der Waals surface area contributed by atoms with E-state index < -0.39 is 0 Å². The maximum atomic E-state index is 13.8. The van der Waals surface area contributed by atoms with Gasteiger partial charge < -0.3 is 15.5 Å². The van der Waals surface area contributed by atoms with Crippen LogP contribution in [0.4, 0.5) is 10.1 Å². The predicted molar refractivity (Wildman–Crippen MR) is 105 cm³/mol. The van der Waals surface area contributed by atoms with Gasteiger partial charge in [0.1, 0.15) is 5.82 Å². The molecule has 0 aliphatic carbocycles. The monoisotopic (exact) mass is 373 g/mol. The van der Waals surface area contributed by atoms with Crippen LogP contribution in [0.5, 0.6) is 0 Å². The van der Waals surface area contributed by atoms with Crippen molar-refractivity contribution in [2.75, 3.05) is 12.4 Å². The van der Waals surface area contributed by atoms with Crippen molar-refractivity contribution in [1.82, 2.24) is 20.0 Å². The molecule has 138 valence electrons. The van der Waals surface area contributed by atoms with Gasteiger partial charge in [0.15, 0.2) is 5.11 Å². The predicted octanol–water partition coefficient (Wildman–Crippen LogP) is 2.98. The van der Waals surface area contributed by atoms with Crippen molar-refractivity contribution < 1.29 is 4.39 Å². The fourth-order valence-electron chi connectivity index (χ4n) is 4.20. The topological polar surface area (TPSA) is 45.1 Å². The number of hydrogen-bond acceptors (Lipinski definition) is 3. The van der Waals surface area contributed by atoms with Crippen LogP contribution in [0, 0.1) is 5.82 Å². The molecule has 0 radical (unpaired) electrons. The number of rotatable bonds is 4. The lowest BCUT2D eigenvalue weighted by Gasteiger charge is -2.37. The van der Waals surface area contributed by atoms with E-state index in [1.54, 1.807) is 23.0 Å².